The molecule has 2 atom stereocenters. The van der Waals surface area contributed by atoms with Crippen molar-refractivity contribution in [2.24, 2.45) is 5.92 Å². The molecule has 35 heavy (non-hydrogen) atoms. The number of carbonyl (C=O) groups is 4. The lowest BCUT2D eigenvalue weighted by atomic mass is 9.96. The van der Waals surface area contributed by atoms with Crippen LogP contribution in [0.5, 0.6) is 0 Å². The zero-order valence-electron chi connectivity index (χ0n) is 21.4. The molecule has 0 spiro atoms. The van der Waals surface area contributed by atoms with E-state index in [1.165, 1.54) is 5.56 Å². The summed E-state index contributed by atoms with van der Waals surface area (Å²) < 4.78 is 5.59. The van der Waals surface area contributed by atoms with Gasteiger partial charge in [-0.15, -0.1) is 0 Å². The van der Waals surface area contributed by atoms with Gasteiger partial charge in [-0.1, -0.05) is 52.0 Å². The number of carbonyl (C=O) groups excluding carboxylic acids is 1. The van der Waals surface area contributed by atoms with E-state index in [0.717, 1.165) is 25.1 Å². The third kappa shape index (κ3) is 11.8. The zero-order valence-corrected chi connectivity index (χ0v) is 21.4. The average Bonchev–Trinajstić information content (AvgIpc) is 2.73. The van der Waals surface area contributed by atoms with Gasteiger partial charge in [-0.25, -0.2) is 4.79 Å². The number of aliphatic hydroxyl groups is 1. The number of nitrogens with zero attached hydrogens (tertiary/aromatic N) is 1. The van der Waals surface area contributed by atoms with Crippen LogP contribution in [0.15, 0.2) is 24.3 Å². The summed E-state index contributed by atoms with van der Waals surface area (Å²) in [6.45, 7) is 14.2. The predicted molar refractivity (Wildman–Crippen MR) is 129 cm³/mol. The van der Waals surface area contributed by atoms with Crippen molar-refractivity contribution in [3.63, 3.8) is 0 Å². The van der Waals surface area contributed by atoms with E-state index in [1.54, 1.807) is 0 Å². The first kappa shape index (κ1) is 32.0. The van der Waals surface area contributed by atoms with E-state index >= 15 is 0 Å². The van der Waals surface area contributed by atoms with Gasteiger partial charge in [-0.3, -0.25) is 19.3 Å². The fraction of sp³-hybridized carbons (Fsp3) is 0.600. The van der Waals surface area contributed by atoms with Crippen LogP contribution in [-0.4, -0.2) is 74.1 Å². The summed E-state index contributed by atoms with van der Waals surface area (Å²) in [5.74, 6) is -4.76. The van der Waals surface area contributed by atoms with Gasteiger partial charge in [-0.05, 0) is 50.4 Å². The molecule has 0 amide bonds. The van der Waals surface area contributed by atoms with E-state index < -0.39 is 36.4 Å². The Kier molecular flexibility index (Phi) is 13.8. The first-order valence-electron chi connectivity index (χ1n) is 11.6. The molecule has 0 radical (unpaired) electrons. The van der Waals surface area contributed by atoms with E-state index in [9.17, 15) is 19.2 Å². The smallest absolute Gasteiger partial charge is 0.336 e. The summed E-state index contributed by atoms with van der Waals surface area (Å²) in [6.07, 6.45) is -1.40. The van der Waals surface area contributed by atoms with Crippen molar-refractivity contribution in [2.45, 2.75) is 78.6 Å². The normalized spacial score (nSPS) is 12.9. The Balaban J connectivity index is 0.000000761. The molecule has 0 aliphatic carbocycles. The largest absolute Gasteiger partial charge is 0.481 e. The lowest BCUT2D eigenvalue weighted by Crippen LogP contribution is -2.42. The first-order chi connectivity index (χ1) is 16.2. The van der Waals surface area contributed by atoms with Crippen molar-refractivity contribution in [1.29, 1.82) is 0 Å². The number of rotatable bonds is 13. The molecule has 0 aliphatic heterocycles. The highest BCUT2D eigenvalue weighted by Gasteiger charge is 2.40. The minimum atomic E-state index is -2.74. The van der Waals surface area contributed by atoms with Gasteiger partial charge in [0.25, 0.3) is 0 Å². The van der Waals surface area contributed by atoms with E-state index in [0.29, 0.717) is 5.92 Å². The van der Waals surface area contributed by atoms with Crippen LogP contribution in [0.3, 0.4) is 0 Å². The van der Waals surface area contributed by atoms with E-state index in [2.05, 4.69) is 44.7 Å². The monoisotopic (exact) mass is 497 g/mol. The maximum atomic E-state index is 12.3. The molecule has 0 bridgehead atoms. The third-order valence-electron chi connectivity index (χ3n) is 5.38. The molecular weight excluding hydrogens is 458 g/mol. The molecule has 2 unspecified atom stereocenters. The van der Waals surface area contributed by atoms with E-state index in [1.807, 2.05) is 26.0 Å². The van der Waals surface area contributed by atoms with Crippen LogP contribution < -0.4 is 0 Å². The third-order valence-corrected chi connectivity index (χ3v) is 5.38. The molecule has 10 nitrogen and oxygen atoms in total. The molecule has 198 valence electrons. The highest BCUT2D eigenvalue weighted by Crippen LogP contribution is 2.20. The quantitative estimate of drug-likeness (QED) is 0.235. The Morgan fingerprint density at radius 1 is 0.886 bits per heavy atom. The number of aliphatic carboxylic acids is 3. The molecule has 1 rings (SSSR count). The zero-order chi connectivity index (χ0) is 27.3. The number of carboxylic acid groups (broad SMARTS) is 3. The Hall–Kier alpha value is -2.98. The fourth-order valence-corrected chi connectivity index (χ4v) is 3.35. The summed E-state index contributed by atoms with van der Waals surface area (Å²) in [5, 5.41) is 33.8. The molecule has 0 fully saturated rings. The van der Waals surface area contributed by atoms with Crippen molar-refractivity contribution in [2.75, 3.05) is 13.1 Å². The topological polar surface area (TPSA) is 162 Å². The Labute approximate surface area is 206 Å². The number of hydrogen-bond acceptors (Lipinski definition) is 7. The minimum absolute atomic E-state index is 0.156. The number of benzene rings is 1. The summed E-state index contributed by atoms with van der Waals surface area (Å²) in [4.78, 5) is 44.9. The maximum absolute atomic E-state index is 12.3. The molecule has 1 aromatic rings. The second kappa shape index (κ2) is 15.1. The van der Waals surface area contributed by atoms with Crippen molar-refractivity contribution in [3.05, 3.63) is 35.4 Å². The van der Waals surface area contributed by atoms with Crippen molar-refractivity contribution < 1.29 is 44.3 Å². The van der Waals surface area contributed by atoms with Crippen LogP contribution in [0.4, 0.5) is 0 Å². The van der Waals surface area contributed by atoms with Gasteiger partial charge >= 0.3 is 23.9 Å². The lowest BCUT2D eigenvalue weighted by molar-refractivity contribution is -0.170. The number of esters is 1. The van der Waals surface area contributed by atoms with Crippen LogP contribution in [0, 0.1) is 5.92 Å². The second-order valence-corrected chi connectivity index (χ2v) is 8.80. The van der Waals surface area contributed by atoms with Gasteiger partial charge in [0.1, 0.15) is 0 Å². The highest BCUT2D eigenvalue weighted by molar-refractivity contribution is 5.88. The van der Waals surface area contributed by atoms with E-state index in [-0.39, 0.29) is 18.1 Å². The Morgan fingerprint density at radius 3 is 1.69 bits per heavy atom. The molecule has 0 heterocycles. The van der Waals surface area contributed by atoms with Crippen molar-refractivity contribution >= 4 is 23.9 Å². The molecule has 0 saturated carbocycles. The minimum Gasteiger partial charge on any atom is -0.481 e. The van der Waals surface area contributed by atoms with Crippen LogP contribution in [0.25, 0.3) is 0 Å². The molecule has 0 aromatic heterocycles. The number of ether oxygens (including phenoxy) is 1. The van der Waals surface area contributed by atoms with Crippen LogP contribution in [0.1, 0.15) is 71.4 Å². The summed E-state index contributed by atoms with van der Waals surface area (Å²) in [7, 11) is 0. The molecule has 4 N–H and O–H groups in total. The standard InChI is InChI=1S/C19H31NO2.C6H8O7/c1-7-20(8-2)16(6)22-19(21)15(5)18-11-9-17(10-12-18)13-14(3)4;7-3(8)1-6(13,5(11)12)2-4(9)10/h9-12,14-16H,7-8,13H2,1-6H3;13H,1-2H2,(H,7,8)(H,9,10)(H,11,12). The van der Waals surface area contributed by atoms with Gasteiger partial charge < -0.3 is 25.2 Å². The summed E-state index contributed by atoms with van der Waals surface area (Å²) in [5.41, 5.74) is -0.405. The van der Waals surface area contributed by atoms with Crippen molar-refractivity contribution in [3.8, 4) is 0 Å². The fourth-order valence-electron chi connectivity index (χ4n) is 3.35. The average molecular weight is 498 g/mol. The molecule has 1 aromatic carbocycles. The molecule has 0 saturated heterocycles. The SMILES string of the molecule is CCN(CC)C(C)OC(=O)C(C)c1ccc(CC(C)C)cc1.O=C(O)CC(O)(CC(=O)O)C(=O)O. The van der Waals surface area contributed by atoms with E-state index in [4.69, 9.17) is 25.2 Å². The molecule has 10 heteroatoms. The number of carboxylic acids is 3. The Bertz CT molecular complexity index is 816. The highest BCUT2D eigenvalue weighted by atomic mass is 16.6. The molecular formula is C25H39NO9. The van der Waals surface area contributed by atoms with Crippen molar-refractivity contribution in [1.82, 2.24) is 4.90 Å². The predicted octanol–water partition coefficient (Wildman–Crippen LogP) is 2.97. The molecule has 0 aliphatic rings. The maximum Gasteiger partial charge on any atom is 0.336 e. The first-order valence-corrected chi connectivity index (χ1v) is 11.6. The van der Waals surface area contributed by atoms with Crippen LogP contribution in [-0.2, 0) is 30.3 Å². The van der Waals surface area contributed by atoms with Gasteiger partial charge in [0, 0.05) is 0 Å². The Morgan fingerprint density at radius 2 is 1.34 bits per heavy atom. The second-order valence-electron chi connectivity index (χ2n) is 8.80. The van der Waals surface area contributed by atoms with Gasteiger partial charge in [0.05, 0.1) is 18.8 Å². The van der Waals surface area contributed by atoms with Crippen LogP contribution in [0.2, 0.25) is 0 Å². The lowest BCUT2D eigenvalue weighted by Gasteiger charge is -2.27. The number of hydrogen-bond donors (Lipinski definition) is 4. The van der Waals surface area contributed by atoms with Gasteiger partial charge in [0.2, 0.25) is 0 Å². The summed E-state index contributed by atoms with van der Waals surface area (Å²) in [6, 6.07) is 8.33. The van der Waals surface area contributed by atoms with Crippen LogP contribution >= 0.6 is 0 Å². The summed E-state index contributed by atoms with van der Waals surface area (Å²) >= 11 is 0. The van der Waals surface area contributed by atoms with Gasteiger partial charge in [0.15, 0.2) is 11.8 Å². The van der Waals surface area contributed by atoms with Gasteiger partial charge in [-0.2, -0.15) is 0 Å².